The van der Waals surface area contributed by atoms with Crippen LogP contribution in [0.25, 0.3) is 11.0 Å². The van der Waals surface area contributed by atoms with Crippen LogP contribution < -0.4 is 5.56 Å². The summed E-state index contributed by atoms with van der Waals surface area (Å²) in [6.45, 7) is 1.65. The highest BCUT2D eigenvalue weighted by Gasteiger charge is 2.32. The Kier molecular flexibility index (Phi) is 4.35. The lowest BCUT2D eigenvalue weighted by molar-refractivity contribution is -0.197. The second kappa shape index (κ2) is 6.46. The predicted molar refractivity (Wildman–Crippen MR) is 87.2 cm³/mol. The molecule has 3 rings (SSSR count). The molecule has 1 aromatic heterocycles. The second-order valence-electron chi connectivity index (χ2n) is 5.93. The van der Waals surface area contributed by atoms with Crippen molar-refractivity contribution in [2.45, 2.75) is 32.6 Å². The van der Waals surface area contributed by atoms with E-state index in [0.29, 0.717) is 28.2 Å². The molecule has 0 bridgehead atoms. The van der Waals surface area contributed by atoms with E-state index >= 15 is 0 Å². The van der Waals surface area contributed by atoms with Crippen molar-refractivity contribution in [1.29, 1.82) is 0 Å². The molecule has 0 unspecified atom stereocenters. The third-order valence-electron chi connectivity index (χ3n) is 4.12. The number of imide groups is 1. The Morgan fingerprint density at radius 3 is 2.56 bits per heavy atom. The summed E-state index contributed by atoms with van der Waals surface area (Å²) in [5.41, 5.74) is 2.46. The summed E-state index contributed by atoms with van der Waals surface area (Å²) in [6, 6.07) is 5.39. The zero-order valence-electron chi connectivity index (χ0n) is 13.9. The molecular weight excluding hydrogens is 326 g/mol. The molecule has 25 heavy (non-hydrogen) atoms. The first kappa shape index (κ1) is 16.8. The number of hydroxylamine groups is 2. The van der Waals surface area contributed by atoms with Crippen LogP contribution in [-0.4, -0.2) is 32.4 Å². The molecule has 2 heterocycles. The first-order chi connectivity index (χ1) is 11.9. The molecule has 8 nitrogen and oxygen atoms in total. The summed E-state index contributed by atoms with van der Waals surface area (Å²) in [5.74, 6) is -1.64. The van der Waals surface area contributed by atoms with Gasteiger partial charge in [-0.15, -0.1) is 5.06 Å². The third-order valence-corrected chi connectivity index (χ3v) is 4.12. The Balaban J connectivity index is 1.70. The Labute approximate surface area is 143 Å². The van der Waals surface area contributed by atoms with Gasteiger partial charge in [0.15, 0.2) is 0 Å². The van der Waals surface area contributed by atoms with E-state index in [1.165, 1.54) is 4.57 Å². The molecular formula is C17H17N3O5. The van der Waals surface area contributed by atoms with Gasteiger partial charge in [0.25, 0.3) is 17.4 Å². The van der Waals surface area contributed by atoms with Crippen molar-refractivity contribution in [3.8, 4) is 0 Å². The number of fused-ring (bicyclic) bond motifs is 1. The highest BCUT2D eigenvalue weighted by molar-refractivity contribution is 6.01. The number of nitrogens with zero attached hydrogens (tertiary/aromatic N) is 3. The maximum absolute atomic E-state index is 11.9. The van der Waals surface area contributed by atoms with E-state index in [1.807, 2.05) is 0 Å². The van der Waals surface area contributed by atoms with Crippen LogP contribution in [0.15, 0.2) is 23.0 Å². The average Bonchev–Trinajstić information content (AvgIpc) is 2.89. The highest BCUT2D eigenvalue weighted by atomic mass is 16.7. The molecule has 1 aliphatic heterocycles. The van der Waals surface area contributed by atoms with Crippen molar-refractivity contribution in [2.75, 3.05) is 0 Å². The SMILES string of the molecule is Cc1nc2cc(CCC(=O)ON3C(=O)CCC3=O)ccc2n(C)c1=O. The van der Waals surface area contributed by atoms with Crippen LogP contribution in [0.1, 0.15) is 30.5 Å². The van der Waals surface area contributed by atoms with Crippen molar-refractivity contribution in [2.24, 2.45) is 7.05 Å². The van der Waals surface area contributed by atoms with Gasteiger partial charge >= 0.3 is 5.97 Å². The van der Waals surface area contributed by atoms with Crippen LogP contribution in [0.3, 0.4) is 0 Å². The summed E-state index contributed by atoms with van der Waals surface area (Å²) in [6.07, 6.45) is 0.531. The molecule has 8 heteroatoms. The number of hydrogen-bond donors (Lipinski definition) is 0. The molecule has 0 aliphatic carbocycles. The number of carbonyl (C=O) groups excluding carboxylic acids is 3. The summed E-state index contributed by atoms with van der Waals surface area (Å²) in [4.78, 5) is 55.7. The van der Waals surface area contributed by atoms with Gasteiger partial charge in [0.1, 0.15) is 5.69 Å². The number of carbonyl (C=O) groups is 3. The number of aryl methyl sites for hydroxylation is 3. The fourth-order valence-electron chi connectivity index (χ4n) is 2.73. The van der Waals surface area contributed by atoms with Gasteiger partial charge in [-0.1, -0.05) is 6.07 Å². The van der Waals surface area contributed by atoms with Gasteiger partial charge in [-0.3, -0.25) is 14.4 Å². The van der Waals surface area contributed by atoms with Gasteiger partial charge in [0, 0.05) is 19.9 Å². The standard InChI is InChI=1S/C17H17N3O5/c1-10-17(24)19(2)13-5-3-11(9-12(13)18-10)4-8-16(23)25-20-14(21)6-7-15(20)22/h3,5,9H,4,6-8H2,1-2H3. The van der Waals surface area contributed by atoms with Gasteiger partial charge in [-0.25, -0.2) is 9.78 Å². The molecule has 0 N–H and O–H groups in total. The third kappa shape index (κ3) is 3.28. The van der Waals surface area contributed by atoms with Gasteiger partial charge in [-0.2, -0.15) is 0 Å². The minimum absolute atomic E-state index is 0.0211. The minimum atomic E-state index is -0.645. The lowest BCUT2D eigenvalue weighted by Crippen LogP contribution is -2.32. The summed E-state index contributed by atoms with van der Waals surface area (Å²) in [7, 11) is 1.68. The Morgan fingerprint density at radius 2 is 1.88 bits per heavy atom. The van der Waals surface area contributed by atoms with Gasteiger partial charge in [0.05, 0.1) is 17.5 Å². The van der Waals surface area contributed by atoms with Crippen LogP contribution in [-0.2, 0) is 32.7 Å². The molecule has 130 valence electrons. The quantitative estimate of drug-likeness (QED) is 0.761. The predicted octanol–water partition coefficient (Wildman–Crippen LogP) is 0.782. The van der Waals surface area contributed by atoms with E-state index < -0.39 is 17.8 Å². The summed E-state index contributed by atoms with van der Waals surface area (Å²) >= 11 is 0. The second-order valence-corrected chi connectivity index (χ2v) is 5.93. The first-order valence-electron chi connectivity index (χ1n) is 7.89. The van der Waals surface area contributed by atoms with Gasteiger partial charge in [0.2, 0.25) is 0 Å². The monoisotopic (exact) mass is 343 g/mol. The Bertz CT molecular complexity index is 931. The van der Waals surface area contributed by atoms with Crippen molar-refractivity contribution in [3.05, 3.63) is 39.8 Å². The average molecular weight is 343 g/mol. The van der Waals surface area contributed by atoms with E-state index in [2.05, 4.69) is 4.98 Å². The molecule has 2 amide bonds. The van der Waals surface area contributed by atoms with E-state index in [-0.39, 0.29) is 24.8 Å². The number of aromatic nitrogens is 2. The minimum Gasteiger partial charge on any atom is -0.330 e. The molecule has 0 saturated carbocycles. The zero-order valence-corrected chi connectivity index (χ0v) is 13.9. The maximum atomic E-state index is 11.9. The molecule has 1 fully saturated rings. The highest BCUT2D eigenvalue weighted by Crippen LogP contribution is 2.16. The molecule has 0 radical (unpaired) electrons. The van der Waals surface area contributed by atoms with Gasteiger partial charge < -0.3 is 9.40 Å². The normalized spacial score (nSPS) is 14.4. The fourth-order valence-corrected chi connectivity index (χ4v) is 2.73. The zero-order chi connectivity index (χ0) is 18.1. The largest absolute Gasteiger partial charge is 0.333 e. The van der Waals surface area contributed by atoms with Crippen LogP contribution in [0.4, 0.5) is 0 Å². The topological polar surface area (TPSA) is 98.6 Å². The molecule has 1 aromatic carbocycles. The van der Waals surface area contributed by atoms with Crippen molar-refractivity contribution in [3.63, 3.8) is 0 Å². The van der Waals surface area contributed by atoms with E-state index in [9.17, 15) is 19.2 Å². The number of benzene rings is 1. The number of rotatable bonds is 4. The lowest BCUT2D eigenvalue weighted by atomic mass is 10.1. The number of hydrogen-bond acceptors (Lipinski definition) is 6. The van der Waals surface area contributed by atoms with E-state index in [0.717, 1.165) is 5.56 Å². The van der Waals surface area contributed by atoms with Gasteiger partial charge in [-0.05, 0) is 31.0 Å². The van der Waals surface area contributed by atoms with E-state index in [1.54, 1.807) is 32.2 Å². The summed E-state index contributed by atoms with van der Waals surface area (Å²) < 4.78 is 1.53. The Hall–Kier alpha value is -3.03. The smallest absolute Gasteiger partial charge is 0.330 e. The van der Waals surface area contributed by atoms with Crippen LogP contribution >= 0.6 is 0 Å². The fraction of sp³-hybridized carbons (Fsp3) is 0.353. The Morgan fingerprint density at radius 1 is 1.20 bits per heavy atom. The maximum Gasteiger partial charge on any atom is 0.333 e. The van der Waals surface area contributed by atoms with Crippen molar-refractivity contribution in [1.82, 2.24) is 14.6 Å². The van der Waals surface area contributed by atoms with Crippen LogP contribution in [0.2, 0.25) is 0 Å². The van der Waals surface area contributed by atoms with E-state index in [4.69, 9.17) is 4.84 Å². The van der Waals surface area contributed by atoms with Crippen LogP contribution in [0, 0.1) is 6.92 Å². The molecule has 1 aliphatic rings. The van der Waals surface area contributed by atoms with Crippen molar-refractivity contribution < 1.29 is 19.2 Å². The number of amides is 2. The molecule has 0 atom stereocenters. The lowest BCUT2D eigenvalue weighted by Gasteiger charge is -2.12. The molecule has 2 aromatic rings. The molecule has 0 spiro atoms. The summed E-state index contributed by atoms with van der Waals surface area (Å²) in [5, 5.41) is 0.545. The molecule has 1 saturated heterocycles. The first-order valence-corrected chi connectivity index (χ1v) is 7.89. The van der Waals surface area contributed by atoms with Crippen LogP contribution in [0.5, 0.6) is 0 Å². The van der Waals surface area contributed by atoms with Crippen molar-refractivity contribution >= 4 is 28.8 Å².